The van der Waals surface area contributed by atoms with Gasteiger partial charge in [0, 0.05) is 57.9 Å². The van der Waals surface area contributed by atoms with Crippen LogP contribution in [0.3, 0.4) is 0 Å². The van der Waals surface area contributed by atoms with Crippen LogP contribution in [0, 0.1) is 0 Å². The van der Waals surface area contributed by atoms with Gasteiger partial charge in [0.15, 0.2) is 0 Å². The summed E-state index contributed by atoms with van der Waals surface area (Å²) in [7, 11) is -2.17. The molecule has 0 unspecified atom stereocenters. The van der Waals surface area contributed by atoms with Gasteiger partial charge in [-0.3, -0.25) is 0 Å². The minimum atomic E-state index is -2.17. The first-order valence-electron chi connectivity index (χ1n) is 25.7. The van der Waals surface area contributed by atoms with Crippen LogP contribution < -0.4 is 0 Å². The summed E-state index contributed by atoms with van der Waals surface area (Å²) < 4.78 is 5.01. The highest BCUT2D eigenvalue weighted by atomic mass is 32.3. The van der Waals surface area contributed by atoms with E-state index in [-0.39, 0.29) is 0 Å². The normalized spacial score (nSPS) is 11.9. The van der Waals surface area contributed by atoms with Gasteiger partial charge in [0.05, 0.1) is 27.8 Å². The van der Waals surface area contributed by atoms with Gasteiger partial charge in [-0.25, -0.2) is 0 Å². The van der Waals surface area contributed by atoms with Crippen molar-refractivity contribution in [3.63, 3.8) is 0 Å². The van der Waals surface area contributed by atoms with Crippen molar-refractivity contribution in [3.8, 4) is 55.9 Å². The van der Waals surface area contributed by atoms with Gasteiger partial charge in [-0.05, 0) is 124 Å². The van der Waals surface area contributed by atoms with Crippen molar-refractivity contribution < 1.29 is 0 Å². The predicted molar refractivity (Wildman–Crippen MR) is 317 cm³/mol. The van der Waals surface area contributed by atoms with Crippen LogP contribution >= 0.6 is 10.0 Å². The van der Waals surface area contributed by atoms with E-state index in [0.717, 1.165) is 33.5 Å². The summed E-state index contributed by atoms with van der Waals surface area (Å²) in [6.07, 6.45) is 0. The number of fused-ring (bicyclic) bond motifs is 6. The Morgan fingerprint density at radius 3 is 1.15 bits per heavy atom. The minimum Gasteiger partial charge on any atom is -0.309 e. The maximum Gasteiger partial charge on any atom is 0.0619 e. The molecule has 14 rings (SSSR count). The number of aromatic nitrogens is 2. The minimum absolute atomic E-state index is 1.13. The number of nitrogens with zero attached hydrogens (tertiary/aromatic N) is 2. The lowest BCUT2D eigenvalue weighted by molar-refractivity contribution is 1.16. The molecule has 0 atom stereocenters. The van der Waals surface area contributed by atoms with E-state index in [0.29, 0.717) is 0 Å². The Kier molecular flexibility index (Phi) is 11.0. The molecule has 0 saturated carbocycles. The van der Waals surface area contributed by atoms with E-state index in [2.05, 4.69) is 312 Å². The SMILES string of the molecule is c1ccc(-c2cccc(S(c3ccccc3)(c3ccccc3)c3cc(-c4ccccc4)c(-n4c5ccccc5c5cc(-n6c7ccccc7c7cc(-c8ccccc8)ccc76)ccc54)c(-c4ccccc4)c3)c2)cc1. The Balaban J connectivity index is 1.07. The van der Waals surface area contributed by atoms with E-state index in [4.69, 9.17) is 0 Å². The number of rotatable bonds is 10. The molecule has 0 N–H and O–H groups in total. The third-order valence-electron chi connectivity index (χ3n) is 15.0. The lowest BCUT2D eigenvalue weighted by Crippen LogP contribution is -2.08. The Morgan fingerprint density at radius 2 is 0.600 bits per heavy atom. The molecule has 0 amide bonds. The average molecular weight is 975 g/mol. The molecule has 354 valence electrons. The fourth-order valence-electron chi connectivity index (χ4n) is 11.7. The summed E-state index contributed by atoms with van der Waals surface area (Å²) in [5, 5.41) is 4.88. The van der Waals surface area contributed by atoms with Crippen LogP contribution in [-0.4, -0.2) is 9.13 Å². The van der Waals surface area contributed by atoms with Crippen LogP contribution in [0.4, 0.5) is 0 Å². The molecule has 0 spiro atoms. The number of benzene rings is 12. The maximum atomic E-state index is 2.55. The smallest absolute Gasteiger partial charge is 0.0619 e. The molecule has 2 heterocycles. The molecule has 0 bridgehead atoms. The van der Waals surface area contributed by atoms with Crippen LogP contribution in [0.25, 0.3) is 99.5 Å². The Hall–Kier alpha value is -9.41. The van der Waals surface area contributed by atoms with Gasteiger partial charge in [0.2, 0.25) is 0 Å². The van der Waals surface area contributed by atoms with Crippen molar-refractivity contribution in [2.45, 2.75) is 19.6 Å². The molecule has 12 aromatic carbocycles. The number of hydrogen-bond donors (Lipinski definition) is 0. The Morgan fingerprint density at radius 1 is 0.213 bits per heavy atom. The van der Waals surface area contributed by atoms with Crippen molar-refractivity contribution in [1.82, 2.24) is 9.13 Å². The molecule has 2 aromatic heterocycles. The van der Waals surface area contributed by atoms with Gasteiger partial charge in [-0.1, -0.05) is 212 Å². The monoisotopic (exact) mass is 974 g/mol. The quantitative estimate of drug-likeness (QED) is 0.129. The second-order valence-electron chi connectivity index (χ2n) is 19.2. The fraction of sp³-hybridized carbons (Fsp3) is 0. The van der Waals surface area contributed by atoms with E-state index in [1.54, 1.807) is 0 Å². The Bertz CT molecular complexity index is 4270. The molecule has 3 heteroatoms. The summed E-state index contributed by atoms with van der Waals surface area (Å²) in [6, 6.07) is 112. The highest BCUT2D eigenvalue weighted by Gasteiger charge is 2.36. The topological polar surface area (TPSA) is 9.86 Å². The molecule has 0 aliphatic rings. The second kappa shape index (κ2) is 18.6. The van der Waals surface area contributed by atoms with Gasteiger partial charge in [-0.15, -0.1) is 10.0 Å². The Labute approximate surface area is 439 Å². The van der Waals surface area contributed by atoms with Crippen molar-refractivity contribution in [2.24, 2.45) is 0 Å². The fourth-order valence-corrected chi connectivity index (χ4v) is 15.6. The molecule has 0 aliphatic carbocycles. The first kappa shape index (κ1) is 44.3. The first-order valence-corrected chi connectivity index (χ1v) is 27.4. The zero-order valence-corrected chi connectivity index (χ0v) is 42.0. The number of hydrogen-bond acceptors (Lipinski definition) is 0. The van der Waals surface area contributed by atoms with Crippen LogP contribution in [0.15, 0.2) is 323 Å². The second-order valence-corrected chi connectivity index (χ2v) is 22.3. The lowest BCUT2D eigenvalue weighted by atomic mass is 9.95. The van der Waals surface area contributed by atoms with Gasteiger partial charge in [-0.2, -0.15) is 0 Å². The van der Waals surface area contributed by atoms with Crippen LogP contribution in [0.5, 0.6) is 0 Å². The van der Waals surface area contributed by atoms with E-state index in [9.17, 15) is 0 Å². The predicted octanol–water partition coefficient (Wildman–Crippen LogP) is 19.9. The third kappa shape index (κ3) is 7.43. The lowest BCUT2D eigenvalue weighted by Gasteiger charge is -2.43. The van der Waals surface area contributed by atoms with Crippen LogP contribution in [0.1, 0.15) is 0 Å². The van der Waals surface area contributed by atoms with Gasteiger partial charge in [0.1, 0.15) is 0 Å². The summed E-state index contributed by atoms with van der Waals surface area (Å²) in [5.74, 6) is 0. The standard InChI is InChI=1S/C72H50N2S/c1-7-24-51(25-8-1)55-32-23-37-60(46-55)75(58-33-15-5-16-34-58,59-35-17-6-18-36-59)61-49-64(53-28-11-3-12-29-53)72(65(50-61)54-30-13-4-14-31-54)74-69-41-22-20-39-63(69)67-48-57(43-45-71(67)74)73-68-40-21-19-38-62(68)66-47-56(42-44-70(66)73)52-26-9-2-10-27-52/h1-50H. The molecule has 0 radical (unpaired) electrons. The van der Waals surface area contributed by atoms with Gasteiger partial charge >= 0.3 is 0 Å². The molecule has 14 aromatic rings. The summed E-state index contributed by atoms with van der Waals surface area (Å²) >= 11 is 0. The molecule has 75 heavy (non-hydrogen) atoms. The highest BCUT2D eigenvalue weighted by Crippen LogP contribution is 2.74. The van der Waals surface area contributed by atoms with Crippen molar-refractivity contribution in [2.75, 3.05) is 0 Å². The zero-order chi connectivity index (χ0) is 49.7. The molecule has 2 nitrogen and oxygen atoms in total. The molecular weight excluding hydrogens is 925 g/mol. The van der Waals surface area contributed by atoms with Gasteiger partial charge in [0.25, 0.3) is 0 Å². The van der Waals surface area contributed by atoms with E-state index in [1.165, 1.54) is 85.5 Å². The zero-order valence-electron chi connectivity index (χ0n) is 41.2. The average Bonchev–Trinajstić information content (AvgIpc) is 4.01. The molecular formula is C72H50N2S. The van der Waals surface area contributed by atoms with Crippen molar-refractivity contribution in [1.29, 1.82) is 0 Å². The van der Waals surface area contributed by atoms with E-state index in [1.807, 2.05) is 0 Å². The summed E-state index contributed by atoms with van der Waals surface area (Å²) in [4.78, 5) is 5.09. The summed E-state index contributed by atoms with van der Waals surface area (Å²) in [6.45, 7) is 0. The van der Waals surface area contributed by atoms with Crippen LogP contribution in [0.2, 0.25) is 0 Å². The first-order chi connectivity index (χ1) is 37.2. The largest absolute Gasteiger partial charge is 0.309 e. The van der Waals surface area contributed by atoms with Crippen molar-refractivity contribution in [3.05, 3.63) is 303 Å². The van der Waals surface area contributed by atoms with Crippen molar-refractivity contribution >= 4 is 53.6 Å². The molecule has 0 saturated heterocycles. The molecule has 0 aliphatic heterocycles. The molecule has 0 fully saturated rings. The highest BCUT2D eigenvalue weighted by molar-refractivity contribution is 8.34. The van der Waals surface area contributed by atoms with E-state index < -0.39 is 10.0 Å². The maximum absolute atomic E-state index is 2.55. The summed E-state index contributed by atoms with van der Waals surface area (Å²) in [5.41, 5.74) is 16.4. The van der Waals surface area contributed by atoms with E-state index >= 15 is 0 Å². The third-order valence-corrected chi connectivity index (χ3v) is 18.9. The van der Waals surface area contributed by atoms with Gasteiger partial charge < -0.3 is 9.13 Å². The number of para-hydroxylation sites is 2. The van der Waals surface area contributed by atoms with Crippen LogP contribution in [-0.2, 0) is 0 Å².